The van der Waals surface area contributed by atoms with E-state index in [0.717, 1.165) is 37.5 Å². The van der Waals surface area contributed by atoms with Crippen LogP contribution in [0.15, 0.2) is 24.3 Å². The van der Waals surface area contributed by atoms with E-state index in [-0.39, 0.29) is 13.2 Å². The molecule has 3 N–H and O–H groups in total. The van der Waals surface area contributed by atoms with Gasteiger partial charge in [0.15, 0.2) is 0 Å². The fourth-order valence-corrected chi connectivity index (χ4v) is 2.40. The van der Waals surface area contributed by atoms with Crippen molar-refractivity contribution in [2.24, 2.45) is 0 Å². The van der Waals surface area contributed by atoms with E-state index in [1.165, 1.54) is 0 Å². The molecule has 1 saturated heterocycles. The van der Waals surface area contributed by atoms with Gasteiger partial charge in [-0.15, -0.1) is 0 Å². The number of aliphatic hydroxyl groups is 2. The van der Waals surface area contributed by atoms with Crippen LogP contribution in [-0.2, 0) is 6.42 Å². The monoisotopic (exact) mass is 280 g/mol. The molecule has 0 saturated carbocycles. The van der Waals surface area contributed by atoms with Gasteiger partial charge in [-0.3, -0.25) is 4.90 Å². The molecule has 5 heteroatoms. The standard InChI is InChI=1S/C15H24N2O3/c18-10-5-13-3-1-2-4-15(13)20-12-14(19)11-17-8-6-16-7-9-17/h1-4,14,16,18-19H,5-12H2. The van der Waals surface area contributed by atoms with Crippen molar-refractivity contribution < 1.29 is 14.9 Å². The van der Waals surface area contributed by atoms with Gasteiger partial charge in [-0.1, -0.05) is 18.2 Å². The Hall–Kier alpha value is -1.14. The van der Waals surface area contributed by atoms with Gasteiger partial charge in [-0.25, -0.2) is 0 Å². The molecular weight excluding hydrogens is 256 g/mol. The minimum atomic E-state index is -0.490. The smallest absolute Gasteiger partial charge is 0.122 e. The predicted octanol–water partition coefficient (Wildman–Crippen LogP) is -0.134. The Morgan fingerprint density at radius 2 is 2.00 bits per heavy atom. The van der Waals surface area contributed by atoms with Crippen LogP contribution in [0.2, 0.25) is 0 Å². The summed E-state index contributed by atoms with van der Waals surface area (Å²) in [5, 5.41) is 22.4. The van der Waals surface area contributed by atoms with Gasteiger partial charge in [0.05, 0.1) is 0 Å². The van der Waals surface area contributed by atoms with E-state index in [0.29, 0.717) is 13.0 Å². The number of piperazine rings is 1. The zero-order valence-corrected chi connectivity index (χ0v) is 11.8. The molecule has 1 aliphatic rings. The Kier molecular flexibility index (Phi) is 6.26. The molecule has 1 atom stereocenters. The molecule has 20 heavy (non-hydrogen) atoms. The van der Waals surface area contributed by atoms with Crippen molar-refractivity contribution in [3.8, 4) is 5.75 Å². The largest absolute Gasteiger partial charge is 0.491 e. The molecular formula is C15H24N2O3. The number of ether oxygens (including phenoxy) is 1. The highest BCUT2D eigenvalue weighted by Gasteiger charge is 2.15. The van der Waals surface area contributed by atoms with E-state index in [2.05, 4.69) is 10.2 Å². The summed E-state index contributed by atoms with van der Waals surface area (Å²) in [6.07, 6.45) is 0.0830. The molecule has 0 radical (unpaired) electrons. The first-order valence-corrected chi connectivity index (χ1v) is 7.22. The van der Waals surface area contributed by atoms with Gasteiger partial charge in [0, 0.05) is 39.3 Å². The van der Waals surface area contributed by atoms with E-state index in [4.69, 9.17) is 9.84 Å². The van der Waals surface area contributed by atoms with Gasteiger partial charge < -0.3 is 20.3 Å². The number of aliphatic hydroxyl groups excluding tert-OH is 2. The molecule has 1 fully saturated rings. The van der Waals surface area contributed by atoms with Crippen LogP contribution in [0.1, 0.15) is 5.56 Å². The molecule has 112 valence electrons. The lowest BCUT2D eigenvalue weighted by Crippen LogP contribution is -2.47. The highest BCUT2D eigenvalue weighted by molar-refractivity contribution is 5.33. The Bertz CT molecular complexity index is 394. The average molecular weight is 280 g/mol. The van der Waals surface area contributed by atoms with Crippen molar-refractivity contribution in [3.05, 3.63) is 29.8 Å². The summed E-state index contributed by atoms with van der Waals surface area (Å²) in [5.74, 6) is 0.751. The van der Waals surface area contributed by atoms with Gasteiger partial charge in [-0.05, 0) is 18.1 Å². The lowest BCUT2D eigenvalue weighted by Gasteiger charge is -2.29. The van der Waals surface area contributed by atoms with Crippen molar-refractivity contribution in [2.45, 2.75) is 12.5 Å². The van der Waals surface area contributed by atoms with E-state index < -0.39 is 6.10 Å². The molecule has 1 unspecified atom stereocenters. The minimum Gasteiger partial charge on any atom is -0.491 e. The summed E-state index contributed by atoms with van der Waals surface area (Å²) in [6, 6.07) is 7.64. The van der Waals surface area contributed by atoms with E-state index in [1.54, 1.807) is 0 Å². The molecule has 1 aromatic rings. The number of nitrogens with zero attached hydrogens (tertiary/aromatic N) is 1. The van der Waals surface area contributed by atoms with Crippen LogP contribution in [0.25, 0.3) is 0 Å². The second kappa shape index (κ2) is 8.21. The first-order chi connectivity index (χ1) is 9.79. The van der Waals surface area contributed by atoms with E-state index in [9.17, 15) is 5.11 Å². The van der Waals surface area contributed by atoms with Gasteiger partial charge in [0.1, 0.15) is 18.5 Å². The maximum atomic E-state index is 10.0. The summed E-state index contributed by atoms with van der Waals surface area (Å²) in [4.78, 5) is 2.24. The summed E-state index contributed by atoms with van der Waals surface area (Å²) in [6.45, 7) is 4.93. The predicted molar refractivity (Wildman–Crippen MR) is 78.0 cm³/mol. The third-order valence-electron chi connectivity index (χ3n) is 3.46. The SMILES string of the molecule is OCCc1ccccc1OCC(O)CN1CCNCC1. The second-order valence-corrected chi connectivity index (χ2v) is 5.10. The van der Waals surface area contributed by atoms with Crippen LogP contribution in [-0.4, -0.2) is 67.2 Å². The average Bonchev–Trinajstić information content (AvgIpc) is 2.48. The van der Waals surface area contributed by atoms with Crippen LogP contribution in [0.3, 0.4) is 0 Å². The van der Waals surface area contributed by atoms with E-state index in [1.807, 2.05) is 24.3 Å². The first-order valence-electron chi connectivity index (χ1n) is 7.22. The number of hydrogen-bond acceptors (Lipinski definition) is 5. The van der Waals surface area contributed by atoms with E-state index >= 15 is 0 Å². The van der Waals surface area contributed by atoms with Crippen molar-refractivity contribution in [3.63, 3.8) is 0 Å². The molecule has 1 aromatic carbocycles. The third-order valence-corrected chi connectivity index (χ3v) is 3.46. The quantitative estimate of drug-likeness (QED) is 0.649. The van der Waals surface area contributed by atoms with Gasteiger partial charge in [-0.2, -0.15) is 0 Å². The molecule has 1 heterocycles. The molecule has 2 rings (SSSR count). The van der Waals surface area contributed by atoms with Crippen molar-refractivity contribution >= 4 is 0 Å². The maximum Gasteiger partial charge on any atom is 0.122 e. The molecule has 1 aliphatic heterocycles. The summed E-state index contributed by atoms with van der Waals surface area (Å²) < 4.78 is 5.69. The molecule has 0 aromatic heterocycles. The van der Waals surface area contributed by atoms with Gasteiger partial charge in [0.25, 0.3) is 0 Å². The van der Waals surface area contributed by atoms with Crippen LogP contribution in [0.4, 0.5) is 0 Å². The number of para-hydroxylation sites is 1. The Morgan fingerprint density at radius 1 is 1.25 bits per heavy atom. The van der Waals surface area contributed by atoms with Gasteiger partial charge >= 0.3 is 0 Å². The van der Waals surface area contributed by atoms with Crippen molar-refractivity contribution in [1.29, 1.82) is 0 Å². The van der Waals surface area contributed by atoms with Gasteiger partial charge in [0.2, 0.25) is 0 Å². The summed E-state index contributed by atoms with van der Waals surface area (Å²) in [7, 11) is 0. The Morgan fingerprint density at radius 3 is 2.75 bits per heavy atom. The zero-order chi connectivity index (χ0) is 14.2. The zero-order valence-electron chi connectivity index (χ0n) is 11.8. The molecule has 0 amide bonds. The summed E-state index contributed by atoms with van der Waals surface area (Å²) in [5.41, 5.74) is 0.976. The van der Waals surface area contributed by atoms with Crippen LogP contribution in [0.5, 0.6) is 5.75 Å². The molecule has 0 spiro atoms. The molecule has 0 aliphatic carbocycles. The highest BCUT2D eigenvalue weighted by Crippen LogP contribution is 2.18. The number of hydrogen-bond donors (Lipinski definition) is 3. The van der Waals surface area contributed by atoms with Crippen LogP contribution < -0.4 is 10.1 Å². The lowest BCUT2D eigenvalue weighted by molar-refractivity contribution is 0.0637. The fourth-order valence-electron chi connectivity index (χ4n) is 2.40. The minimum absolute atomic E-state index is 0.101. The molecule has 0 bridgehead atoms. The first kappa shape index (κ1) is 15.3. The second-order valence-electron chi connectivity index (χ2n) is 5.10. The third kappa shape index (κ3) is 4.76. The number of rotatable bonds is 7. The Labute approximate surface area is 120 Å². The van der Waals surface area contributed by atoms with Crippen LogP contribution >= 0.6 is 0 Å². The Balaban J connectivity index is 1.78. The van der Waals surface area contributed by atoms with Crippen LogP contribution in [0, 0.1) is 0 Å². The maximum absolute atomic E-state index is 10.0. The topological polar surface area (TPSA) is 65.0 Å². The summed E-state index contributed by atoms with van der Waals surface area (Å²) >= 11 is 0. The number of benzene rings is 1. The van der Waals surface area contributed by atoms with Crippen molar-refractivity contribution in [2.75, 3.05) is 45.9 Å². The lowest BCUT2D eigenvalue weighted by atomic mass is 10.1. The highest BCUT2D eigenvalue weighted by atomic mass is 16.5. The number of β-amino-alcohol motifs (C(OH)–C–C–N with tert-alkyl or cyclic N) is 1. The fraction of sp³-hybridized carbons (Fsp3) is 0.600. The normalized spacial score (nSPS) is 17.9. The molecule has 5 nitrogen and oxygen atoms in total. The number of nitrogens with one attached hydrogen (secondary N) is 1. The van der Waals surface area contributed by atoms with Crippen molar-refractivity contribution in [1.82, 2.24) is 10.2 Å².